The summed E-state index contributed by atoms with van der Waals surface area (Å²) >= 11 is 5.89. The smallest absolute Gasteiger partial charge is 0.242 e. The molecule has 1 aromatic rings. The molecule has 2 atom stereocenters. The molecule has 0 saturated heterocycles. The van der Waals surface area contributed by atoms with Crippen molar-refractivity contribution in [1.82, 2.24) is 10.6 Å². The largest absolute Gasteiger partial charge is 0.348 e. The number of carbonyl (C=O) groups excluding carboxylic acids is 2. The number of hydrogen-bond acceptors (Lipinski definition) is 2. The van der Waals surface area contributed by atoms with Crippen molar-refractivity contribution in [3.63, 3.8) is 0 Å². The van der Waals surface area contributed by atoms with Gasteiger partial charge in [-0.05, 0) is 31.5 Å². The molecule has 0 spiro atoms. The highest BCUT2D eigenvalue weighted by Gasteiger charge is 2.16. The summed E-state index contributed by atoms with van der Waals surface area (Å²) in [4.78, 5) is 22.6. The minimum atomic E-state index is -0.552. The van der Waals surface area contributed by atoms with Gasteiger partial charge in [0.05, 0.1) is 6.04 Å². The van der Waals surface area contributed by atoms with E-state index in [0.29, 0.717) is 5.02 Å². The Balaban J connectivity index is 2.62. The van der Waals surface area contributed by atoms with Gasteiger partial charge in [0, 0.05) is 11.9 Å². The minimum absolute atomic E-state index is 0.160. The lowest BCUT2D eigenvalue weighted by Gasteiger charge is -2.18. The summed E-state index contributed by atoms with van der Waals surface area (Å²) < 4.78 is 0. The van der Waals surface area contributed by atoms with Crippen molar-refractivity contribution in [2.24, 2.45) is 0 Å². The molecular formula is C13H17ClN2O2. The Morgan fingerprint density at radius 1 is 1.22 bits per heavy atom. The van der Waals surface area contributed by atoms with Crippen molar-refractivity contribution in [1.29, 1.82) is 0 Å². The van der Waals surface area contributed by atoms with Gasteiger partial charge in [-0.2, -0.15) is 0 Å². The second kappa shape index (κ2) is 6.40. The summed E-state index contributed by atoms with van der Waals surface area (Å²) in [6.45, 7) is 4.88. The molecule has 2 amide bonds. The highest BCUT2D eigenvalue weighted by Crippen LogP contribution is 2.17. The Morgan fingerprint density at radius 2 is 1.89 bits per heavy atom. The molecule has 1 rings (SSSR count). The number of halogens is 1. The van der Waals surface area contributed by atoms with E-state index < -0.39 is 6.04 Å². The van der Waals surface area contributed by atoms with Crippen molar-refractivity contribution in [2.45, 2.75) is 32.9 Å². The molecule has 0 saturated carbocycles. The average molecular weight is 269 g/mol. The number of nitrogens with one attached hydrogen (secondary N) is 2. The fourth-order valence-electron chi connectivity index (χ4n) is 1.57. The summed E-state index contributed by atoms with van der Waals surface area (Å²) in [7, 11) is 0. The van der Waals surface area contributed by atoms with Gasteiger partial charge < -0.3 is 10.6 Å². The molecule has 1 aromatic carbocycles. The first-order valence-electron chi connectivity index (χ1n) is 5.73. The first-order valence-corrected chi connectivity index (χ1v) is 6.11. The van der Waals surface area contributed by atoms with Gasteiger partial charge in [0.25, 0.3) is 0 Å². The second-order valence-electron chi connectivity index (χ2n) is 4.21. The van der Waals surface area contributed by atoms with Crippen molar-refractivity contribution in [3.8, 4) is 0 Å². The van der Waals surface area contributed by atoms with Crippen LogP contribution in [0, 0.1) is 0 Å². The van der Waals surface area contributed by atoms with Crippen molar-refractivity contribution >= 4 is 23.4 Å². The maximum atomic E-state index is 11.8. The predicted octanol–water partition coefficient (Wildman–Crippen LogP) is 2.04. The van der Waals surface area contributed by atoms with Gasteiger partial charge >= 0.3 is 0 Å². The summed E-state index contributed by atoms with van der Waals surface area (Å²) in [5.41, 5.74) is 0.922. The van der Waals surface area contributed by atoms with E-state index in [1.54, 1.807) is 19.1 Å². The zero-order chi connectivity index (χ0) is 13.7. The number of amides is 2. The molecule has 18 heavy (non-hydrogen) atoms. The number of rotatable bonds is 4. The SMILES string of the molecule is CC(=O)NC(C)C(=O)NC(C)c1cccc(Cl)c1. The highest BCUT2D eigenvalue weighted by molar-refractivity contribution is 6.30. The van der Waals surface area contributed by atoms with Crippen LogP contribution >= 0.6 is 11.6 Å². The van der Waals surface area contributed by atoms with Gasteiger partial charge in [-0.3, -0.25) is 9.59 Å². The molecule has 0 aliphatic rings. The number of benzene rings is 1. The van der Waals surface area contributed by atoms with Gasteiger partial charge in [0.1, 0.15) is 6.04 Å². The van der Waals surface area contributed by atoms with E-state index in [0.717, 1.165) is 5.56 Å². The fourth-order valence-corrected chi connectivity index (χ4v) is 1.77. The van der Waals surface area contributed by atoms with Crippen molar-refractivity contribution in [3.05, 3.63) is 34.9 Å². The van der Waals surface area contributed by atoms with Crippen molar-refractivity contribution in [2.75, 3.05) is 0 Å². The van der Waals surface area contributed by atoms with Gasteiger partial charge in [-0.25, -0.2) is 0 Å². The molecule has 0 radical (unpaired) electrons. The predicted molar refractivity (Wildman–Crippen MR) is 71.3 cm³/mol. The maximum absolute atomic E-state index is 11.8. The third-order valence-corrected chi connectivity index (χ3v) is 2.76. The van der Waals surface area contributed by atoms with E-state index in [2.05, 4.69) is 10.6 Å². The quantitative estimate of drug-likeness (QED) is 0.878. The van der Waals surface area contributed by atoms with E-state index in [9.17, 15) is 9.59 Å². The van der Waals surface area contributed by atoms with Crippen LogP contribution in [0.2, 0.25) is 5.02 Å². The Morgan fingerprint density at radius 3 is 2.44 bits per heavy atom. The lowest BCUT2D eigenvalue weighted by molar-refractivity contribution is -0.128. The van der Waals surface area contributed by atoms with E-state index in [-0.39, 0.29) is 17.9 Å². The topological polar surface area (TPSA) is 58.2 Å². The molecule has 5 heteroatoms. The number of hydrogen-bond donors (Lipinski definition) is 2. The third-order valence-electron chi connectivity index (χ3n) is 2.52. The lowest BCUT2D eigenvalue weighted by Crippen LogP contribution is -2.44. The first-order chi connectivity index (χ1) is 8.40. The Kier molecular flexibility index (Phi) is 5.16. The summed E-state index contributed by atoms with van der Waals surface area (Å²) in [5.74, 6) is -0.453. The Hall–Kier alpha value is -1.55. The molecule has 0 bridgehead atoms. The van der Waals surface area contributed by atoms with Crippen LogP contribution in [0.15, 0.2) is 24.3 Å². The molecule has 0 aliphatic heterocycles. The van der Waals surface area contributed by atoms with Crippen LogP contribution < -0.4 is 10.6 Å². The van der Waals surface area contributed by atoms with Crippen LogP contribution in [-0.4, -0.2) is 17.9 Å². The Bertz CT molecular complexity index is 448. The van der Waals surface area contributed by atoms with Crippen LogP contribution in [0.4, 0.5) is 0 Å². The zero-order valence-corrected chi connectivity index (χ0v) is 11.4. The molecule has 0 aliphatic carbocycles. The normalized spacial score (nSPS) is 13.6. The minimum Gasteiger partial charge on any atom is -0.348 e. The molecular weight excluding hydrogens is 252 g/mol. The van der Waals surface area contributed by atoms with E-state index in [4.69, 9.17) is 11.6 Å². The molecule has 2 N–H and O–H groups in total. The van der Waals surface area contributed by atoms with Crippen LogP contribution in [0.5, 0.6) is 0 Å². The standard InChI is InChI=1S/C13H17ClN2O2/c1-8(11-5-4-6-12(14)7-11)16-13(18)9(2)15-10(3)17/h4-9H,1-3H3,(H,15,17)(H,16,18). The van der Waals surface area contributed by atoms with Gasteiger partial charge in [0.2, 0.25) is 11.8 Å². The van der Waals surface area contributed by atoms with E-state index in [1.807, 2.05) is 19.1 Å². The van der Waals surface area contributed by atoms with Crippen LogP contribution in [0.1, 0.15) is 32.4 Å². The van der Waals surface area contributed by atoms with Crippen molar-refractivity contribution < 1.29 is 9.59 Å². The van der Waals surface area contributed by atoms with E-state index in [1.165, 1.54) is 6.92 Å². The molecule has 0 aromatic heterocycles. The monoisotopic (exact) mass is 268 g/mol. The van der Waals surface area contributed by atoms with Gasteiger partial charge in [0.15, 0.2) is 0 Å². The molecule has 98 valence electrons. The molecule has 2 unspecified atom stereocenters. The maximum Gasteiger partial charge on any atom is 0.242 e. The van der Waals surface area contributed by atoms with Crippen LogP contribution in [-0.2, 0) is 9.59 Å². The van der Waals surface area contributed by atoms with E-state index >= 15 is 0 Å². The lowest BCUT2D eigenvalue weighted by atomic mass is 10.1. The number of carbonyl (C=O) groups is 2. The summed E-state index contributed by atoms with van der Waals surface area (Å²) in [6.07, 6.45) is 0. The Labute approximate surface area is 112 Å². The van der Waals surface area contributed by atoms with Crippen LogP contribution in [0.3, 0.4) is 0 Å². The van der Waals surface area contributed by atoms with Gasteiger partial charge in [-0.15, -0.1) is 0 Å². The molecule has 0 fully saturated rings. The van der Waals surface area contributed by atoms with Crippen LogP contribution in [0.25, 0.3) is 0 Å². The molecule has 0 heterocycles. The third kappa shape index (κ3) is 4.37. The zero-order valence-electron chi connectivity index (χ0n) is 10.7. The average Bonchev–Trinajstić information content (AvgIpc) is 2.27. The first kappa shape index (κ1) is 14.5. The molecule has 4 nitrogen and oxygen atoms in total. The summed E-state index contributed by atoms with van der Waals surface area (Å²) in [6, 6.07) is 6.59. The highest BCUT2D eigenvalue weighted by atomic mass is 35.5. The second-order valence-corrected chi connectivity index (χ2v) is 4.64. The van der Waals surface area contributed by atoms with Gasteiger partial charge in [-0.1, -0.05) is 23.7 Å². The fraction of sp³-hybridized carbons (Fsp3) is 0.385. The summed E-state index contributed by atoms with van der Waals surface area (Å²) in [5, 5.41) is 5.98.